The van der Waals surface area contributed by atoms with Crippen LogP contribution in [-0.4, -0.2) is 34.0 Å². The fourth-order valence-corrected chi connectivity index (χ4v) is 2.23. The van der Waals surface area contributed by atoms with Crippen LogP contribution < -0.4 is 5.32 Å². The van der Waals surface area contributed by atoms with Gasteiger partial charge in [0.05, 0.1) is 5.69 Å². The zero-order valence-electron chi connectivity index (χ0n) is 14.0. The maximum Gasteiger partial charge on any atom is 0.267 e. The fourth-order valence-electron chi connectivity index (χ4n) is 2.23. The molecule has 0 fully saturated rings. The number of nitriles is 1. The third-order valence-corrected chi connectivity index (χ3v) is 3.67. The van der Waals surface area contributed by atoms with Crippen molar-refractivity contribution in [2.75, 3.05) is 18.4 Å². The fraction of sp³-hybridized carbons (Fsp3) is 0.211. The summed E-state index contributed by atoms with van der Waals surface area (Å²) in [7, 11) is 0. The van der Waals surface area contributed by atoms with E-state index in [9.17, 15) is 15.2 Å². The van der Waals surface area contributed by atoms with Crippen LogP contribution in [0.3, 0.4) is 0 Å². The number of amides is 1. The molecule has 0 unspecified atom stereocenters. The molecule has 0 atom stereocenters. The molecule has 0 spiro atoms. The second-order valence-electron chi connectivity index (χ2n) is 5.36. The molecular formula is C19H20N4O2. The Labute approximate surface area is 147 Å². The Kier molecular flexibility index (Phi) is 6.55. The number of carbonyl (C=O) groups excluding carboxylic acids is 1. The predicted molar refractivity (Wildman–Crippen MR) is 95.6 cm³/mol. The molecule has 25 heavy (non-hydrogen) atoms. The molecule has 0 bridgehead atoms. The topological polar surface area (TPSA) is 89.2 Å². The zero-order chi connectivity index (χ0) is 18.1. The molecule has 2 rings (SSSR count). The van der Waals surface area contributed by atoms with Crippen LogP contribution in [0.25, 0.3) is 0 Å². The predicted octanol–water partition coefficient (Wildman–Crippen LogP) is 2.70. The van der Waals surface area contributed by atoms with Crippen LogP contribution in [0.15, 0.2) is 60.6 Å². The number of aromatic nitrogens is 1. The van der Waals surface area contributed by atoms with Gasteiger partial charge in [0.2, 0.25) is 0 Å². The van der Waals surface area contributed by atoms with E-state index in [4.69, 9.17) is 0 Å². The van der Waals surface area contributed by atoms with Crippen LogP contribution in [0.1, 0.15) is 12.5 Å². The Balaban J connectivity index is 2.04. The van der Waals surface area contributed by atoms with Gasteiger partial charge in [-0.3, -0.25) is 9.78 Å². The van der Waals surface area contributed by atoms with Crippen molar-refractivity contribution in [2.45, 2.75) is 13.3 Å². The van der Waals surface area contributed by atoms with Crippen molar-refractivity contribution in [2.24, 2.45) is 0 Å². The summed E-state index contributed by atoms with van der Waals surface area (Å²) in [5.41, 5.74) is 1.40. The van der Waals surface area contributed by atoms with Gasteiger partial charge in [0, 0.05) is 31.7 Å². The highest BCUT2D eigenvalue weighted by Crippen LogP contribution is 2.22. The lowest BCUT2D eigenvalue weighted by Gasteiger charge is -2.18. The molecule has 1 aromatic carbocycles. The van der Waals surface area contributed by atoms with Gasteiger partial charge in [0.1, 0.15) is 17.4 Å². The van der Waals surface area contributed by atoms with Crippen molar-refractivity contribution < 1.29 is 9.90 Å². The number of aromatic hydroxyl groups is 1. The summed E-state index contributed by atoms with van der Waals surface area (Å²) < 4.78 is 0. The number of anilines is 1. The van der Waals surface area contributed by atoms with Gasteiger partial charge in [-0.05, 0) is 43.2 Å². The van der Waals surface area contributed by atoms with Crippen molar-refractivity contribution in [3.63, 3.8) is 0 Å². The van der Waals surface area contributed by atoms with Crippen molar-refractivity contribution in [3.05, 3.63) is 66.1 Å². The highest BCUT2D eigenvalue weighted by atomic mass is 16.3. The molecular weight excluding hydrogens is 316 g/mol. The van der Waals surface area contributed by atoms with Gasteiger partial charge in [-0.25, -0.2) is 0 Å². The molecule has 0 radical (unpaired) electrons. The third kappa shape index (κ3) is 5.36. The summed E-state index contributed by atoms with van der Waals surface area (Å²) in [4.78, 5) is 18.2. The third-order valence-electron chi connectivity index (χ3n) is 3.67. The number of rotatable bonds is 7. The molecule has 0 aliphatic rings. The Morgan fingerprint density at radius 1 is 1.32 bits per heavy atom. The number of nitrogens with one attached hydrogen (secondary N) is 1. The molecule has 6 nitrogen and oxygen atoms in total. The first-order valence-corrected chi connectivity index (χ1v) is 7.98. The van der Waals surface area contributed by atoms with Gasteiger partial charge < -0.3 is 15.3 Å². The van der Waals surface area contributed by atoms with Crippen LogP contribution in [0.5, 0.6) is 5.75 Å². The summed E-state index contributed by atoms with van der Waals surface area (Å²) in [6, 6.07) is 12.2. The van der Waals surface area contributed by atoms with E-state index in [2.05, 4.69) is 10.3 Å². The number of carbonyl (C=O) groups is 1. The largest absolute Gasteiger partial charge is 0.506 e. The Morgan fingerprint density at radius 3 is 2.68 bits per heavy atom. The monoisotopic (exact) mass is 336 g/mol. The minimum Gasteiger partial charge on any atom is -0.506 e. The first-order valence-electron chi connectivity index (χ1n) is 7.98. The zero-order valence-corrected chi connectivity index (χ0v) is 14.0. The van der Waals surface area contributed by atoms with Gasteiger partial charge in [0.25, 0.3) is 5.91 Å². The maximum atomic E-state index is 12.3. The molecule has 2 N–H and O–H groups in total. The molecule has 0 aliphatic carbocycles. The van der Waals surface area contributed by atoms with E-state index < -0.39 is 5.91 Å². The van der Waals surface area contributed by atoms with Gasteiger partial charge in [0.15, 0.2) is 0 Å². The molecule has 0 saturated heterocycles. The van der Waals surface area contributed by atoms with Crippen molar-refractivity contribution >= 4 is 11.6 Å². The lowest BCUT2D eigenvalue weighted by Crippen LogP contribution is -2.23. The van der Waals surface area contributed by atoms with Crippen LogP contribution in [-0.2, 0) is 11.2 Å². The lowest BCUT2D eigenvalue weighted by molar-refractivity contribution is -0.112. The van der Waals surface area contributed by atoms with E-state index >= 15 is 0 Å². The number of benzene rings is 1. The molecule has 2 aromatic rings. The Morgan fingerprint density at radius 2 is 2.04 bits per heavy atom. The second kappa shape index (κ2) is 9.08. The van der Waals surface area contributed by atoms with E-state index in [-0.39, 0.29) is 17.0 Å². The molecule has 6 heteroatoms. The highest BCUT2D eigenvalue weighted by Gasteiger charge is 2.13. The number of hydrogen-bond acceptors (Lipinski definition) is 5. The summed E-state index contributed by atoms with van der Waals surface area (Å²) >= 11 is 0. The van der Waals surface area contributed by atoms with Crippen LogP contribution in [0.2, 0.25) is 0 Å². The van der Waals surface area contributed by atoms with E-state index in [0.29, 0.717) is 13.1 Å². The summed E-state index contributed by atoms with van der Waals surface area (Å²) in [6.07, 6.45) is 5.81. The molecule has 0 aliphatic heterocycles. The average Bonchev–Trinajstić information content (AvgIpc) is 2.64. The van der Waals surface area contributed by atoms with Gasteiger partial charge in [-0.2, -0.15) is 5.26 Å². The Hall–Kier alpha value is -3.33. The smallest absolute Gasteiger partial charge is 0.267 e. The molecule has 1 aromatic heterocycles. The highest BCUT2D eigenvalue weighted by molar-refractivity contribution is 6.07. The SMILES string of the molecule is CCN(/C=C(/C#N)C(=O)Nc1ccccc1O)CCc1ccncc1. The molecule has 1 amide bonds. The summed E-state index contributed by atoms with van der Waals surface area (Å²) in [5.74, 6) is -0.593. The number of phenols is 1. The summed E-state index contributed by atoms with van der Waals surface area (Å²) in [5, 5.41) is 21.6. The minimum atomic E-state index is -0.550. The second-order valence-corrected chi connectivity index (χ2v) is 5.36. The number of likely N-dealkylation sites (N-methyl/N-ethyl adjacent to an activating group) is 1. The van der Waals surface area contributed by atoms with Crippen LogP contribution in [0.4, 0.5) is 5.69 Å². The van der Waals surface area contributed by atoms with Crippen molar-refractivity contribution in [3.8, 4) is 11.8 Å². The first kappa shape index (κ1) is 18.0. The number of phenolic OH excluding ortho intramolecular Hbond substituents is 1. The number of pyridine rings is 1. The van der Waals surface area contributed by atoms with Crippen LogP contribution in [0, 0.1) is 11.3 Å². The van der Waals surface area contributed by atoms with Crippen LogP contribution >= 0.6 is 0 Å². The van der Waals surface area contributed by atoms with E-state index in [1.807, 2.05) is 30.0 Å². The first-order chi connectivity index (χ1) is 12.1. The lowest BCUT2D eigenvalue weighted by atomic mass is 10.2. The molecule has 0 saturated carbocycles. The minimum absolute atomic E-state index is 0.0140. The number of hydrogen-bond donors (Lipinski definition) is 2. The van der Waals surface area contributed by atoms with Gasteiger partial charge in [-0.1, -0.05) is 12.1 Å². The van der Waals surface area contributed by atoms with E-state index in [1.165, 1.54) is 6.07 Å². The molecule has 128 valence electrons. The standard InChI is InChI=1S/C19H20N4O2/c1-2-23(12-9-15-7-10-21-11-8-15)14-16(13-20)19(25)22-17-5-3-4-6-18(17)24/h3-8,10-11,14,24H,2,9,12H2,1H3,(H,22,25)/b16-14-. The van der Waals surface area contributed by atoms with E-state index in [1.54, 1.807) is 36.8 Å². The van der Waals surface area contributed by atoms with E-state index in [0.717, 1.165) is 12.0 Å². The number of nitrogens with zero attached hydrogens (tertiary/aromatic N) is 3. The quantitative estimate of drug-likeness (QED) is 0.461. The van der Waals surface area contributed by atoms with Gasteiger partial charge in [-0.15, -0.1) is 0 Å². The van der Waals surface area contributed by atoms with Crippen molar-refractivity contribution in [1.82, 2.24) is 9.88 Å². The van der Waals surface area contributed by atoms with Gasteiger partial charge >= 0.3 is 0 Å². The molecule has 1 heterocycles. The maximum absolute atomic E-state index is 12.3. The average molecular weight is 336 g/mol. The van der Waals surface area contributed by atoms with Crippen molar-refractivity contribution in [1.29, 1.82) is 5.26 Å². The summed E-state index contributed by atoms with van der Waals surface area (Å²) in [6.45, 7) is 3.30. The normalized spacial score (nSPS) is 10.8. The number of para-hydroxylation sites is 2. The Bertz CT molecular complexity index is 782.